The Morgan fingerprint density at radius 3 is 2.29 bits per heavy atom. The van der Waals surface area contributed by atoms with Gasteiger partial charge in [0.15, 0.2) is 0 Å². The lowest BCUT2D eigenvalue weighted by Gasteiger charge is -2.38. The molecule has 154 valence electrons. The highest BCUT2D eigenvalue weighted by atomic mass is 32.1. The maximum absolute atomic E-state index is 5.51. The number of rotatable bonds is 8. The maximum atomic E-state index is 5.51. The lowest BCUT2D eigenvalue weighted by atomic mass is 9.68. The molecule has 0 atom stereocenters. The van der Waals surface area contributed by atoms with E-state index < -0.39 is 0 Å². The van der Waals surface area contributed by atoms with E-state index in [4.69, 9.17) is 17.0 Å². The van der Waals surface area contributed by atoms with Crippen molar-refractivity contribution in [1.82, 2.24) is 0 Å². The standard InChI is InChI=1S/C25H37NOS/c1-3-4-5-6-19-7-9-20(10-8-19)21-11-13-22(14-12-21)23-15-16-24(26-18-28)25(17-23)27-2/h15-17,19-22H,3-14H2,1-2H3. The molecule has 1 aromatic carbocycles. The summed E-state index contributed by atoms with van der Waals surface area (Å²) in [6, 6.07) is 6.40. The molecule has 0 aromatic heterocycles. The van der Waals surface area contributed by atoms with Gasteiger partial charge >= 0.3 is 0 Å². The van der Waals surface area contributed by atoms with Gasteiger partial charge in [-0.05, 0) is 92.1 Å². The van der Waals surface area contributed by atoms with E-state index in [0.29, 0.717) is 5.92 Å². The summed E-state index contributed by atoms with van der Waals surface area (Å²) < 4.78 is 5.51. The molecule has 0 radical (unpaired) electrons. The lowest BCUT2D eigenvalue weighted by Crippen LogP contribution is -2.25. The zero-order valence-electron chi connectivity index (χ0n) is 17.8. The molecular formula is C25H37NOS. The van der Waals surface area contributed by atoms with Gasteiger partial charge in [-0.1, -0.05) is 51.5 Å². The van der Waals surface area contributed by atoms with Crippen molar-refractivity contribution in [1.29, 1.82) is 0 Å². The molecule has 2 fully saturated rings. The molecule has 3 rings (SSSR count). The summed E-state index contributed by atoms with van der Waals surface area (Å²) >= 11 is 4.74. The molecule has 0 spiro atoms. The van der Waals surface area contributed by atoms with Crippen molar-refractivity contribution in [3.63, 3.8) is 0 Å². The smallest absolute Gasteiger partial charge is 0.145 e. The van der Waals surface area contributed by atoms with Crippen LogP contribution in [-0.4, -0.2) is 12.3 Å². The Hall–Kier alpha value is -1.18. The molecule has 3 heteroatoms. The van der Waals surface area contributed by atoms with E-state index >= 15 is 0 Å². The van der Waals surface area contributed by atoms with Gasteiger partial charge < -0.3 is 4.74 Å². The van der Waals surface area contributed by atoms with Crippen LogP contribution in [0.15, 0.2) is 23.2 Å². The van der Waals surface area contributed by atoms with Gasteiger partial charge in [-0.3, -0.25) is 0 Å². The molecule has 0 amide bonds. The Morgan fingerprint density at radius 1 is 1.00 bits per heavy atom. The van der Waals surface area contributed by atoms with E-state index in [1.807, 2.05) is 6.07 Å². The van der Waals surface area contributed by atoms with Crippen LogP contribution in [0.1, 0.15) is 95.5 Å². The summed E-state index contributed by atoms with van der Waals surface area (Å²) in [5.74, 6) is 4.48. The molecule has 0 unspecified atom stereocenters. The van der Waals surface area contributed by atoms with Gasteiger partial charge in [0.05, 0.1) is 12.3 Å². The quantitative estimate of drug-likeness (QED) is 0.250. The highest BCUT2D eigenvalue weighted by molar-refractivity contribution is 7.78. The number of hydrogen-bond donors (Lipinski definition) is 0. The molecule has 2 nitrogen and oxygen atoms in total. The molecule has 0 N–H and O–H groups in total. The third-order valence-electron chi connectivity index (χ3n) is 7.39. The van der Waals surface area contributed by atoms with E-state index in [0.717, 1.165) is 29.2 Å². The van der Waals surface area contributed by atoms with Gasteiger partial charge in [0, 0.05) is 0 Å². The first-order chi connectivity index (χ1) is 13.7. The number of thiocarbonyl (C=S) groups is 1. The predicted molar refractivity (Wildman–Crippen MR) is 122 cm³/mol. The lowest BCUT2D eigenvalue weighted by molar-refractivity contribution is 0.155. The first kappa shape index (κ1) is 21.5. The minimum atomic E-state index is 0.668. The van der Waals surface area contributed by atoms with Gasteiger partial charge in [-0.2, -0.15) is 4.99 Å². The van der Waals surface area contributed by atoms with Crippen LogP contribution in [-0.2, 0) is 0 Å². The maximum Gasteiger partial charge on any atom is 0.145 e. The topological polar surface area (TPSA) is 21.6 Å². The largest absolute Gasteiger partial charge is 0.494 e. The third-order valence-corrected chi connectivity index (χ3v) is 7.48. The van der Waals surface area contributed by atoms with Crippen molar-refractivity contribution in [2.24, 2.45) is 22.7 Å². The van der Waals surface area contributed by atoms with Gasteiger partial charge in [0.25, 0.3) is 0 Å². The van der Waals surface area contributed by atoms with Crippen molar-refractivity contribution in [2.75, 3.05) is 7.11 Å². The van der Waals surface area contributed by atoms with Gasteiger partial charge in [0.2, 0.25) is 0 Å². The Bertz CT molecular complexity index is 651. The first-order valence-corrected chi connectivity index (χ1v) is 11.9. The molecule has 28 heavy (non-hydrogen) atoms. The molecule has 2 saturated carbocycles. The predicted octanol–water partition coefficient (Wildman–Crippen LogP) is 8.09. The van der Waals surface area contributed by atoms with Crippen molar-refractivity contribution in [3.8, 4) is 5.75 Å². The number of nitrogens with zero attached hydrogens (tertiary/aromatic N) is 1. The Kier molecular flexibility index (Phi) is 8.55. The summed E-state index contributed by atoms with van der Waals surface area (Å²) in [5, 5.41) is 2.45. The van der Waals surface area contributed by atoms with Crippen LogP contribution < -0.4 is 4.74 Å². The average molecular weight is 400 g/mol. The molecular weight excluding hydrogens is 362 g/mol. The fourth-order valence-electron chi connectivity index (χ4n) is 5.64. The van der Waals surface area contributed by atoms with Crippen LogP contribution in [0, 0.1) is 17.8 Å². The Balaban J connectivity index is 1.48. The average Bonchev–Trinajstić information content (AvgIpc) is 2.75. The summed E-state index contributed by atoms with van der Waals surface area (Å²) in [5.41, 5.74) is 2.18. The van der Waals surface area contributed by atoms with E-state index in [1.54, 1.807) is 7.11 Å². The molecule has 2 aliphatic rings. The number of hydrogen-bond acceptors (Lipinski definition) is 3. The number of aliphatic imine (C=N–C) groups is 1. The van der Waals surface area contributed by atoms with Crippen LogP contribution in [0.4, 0.5) is 5.69 Å². The SMILES string of the molecule is CCCCCC1CCC(C2CCC(c3ccc(N=C=S)c(OC)c3)CC2)CC1. The van der Waals surface area contributed by atoms with Gasteiger partial charge in [-0.15, -0.1) is 0 Å². The fourth-order valence-corrected chi connectivity index (χ4v) is 5.74. The normalized spacial score (nSPS) is 27.8. The second-order valence-corrected chi connectivity index (χ2v) is 9.21. The van der Waals surface area contributed by atoms with Crippen molar-refractivity contribution in [2.45, 2.75) is 89.9 Å². The third kappa shape index (κ3) is 5.67. The summed E-state index contributed by atoms with van der Waals surface area (Å²) in [4.78, 5) is 4.11. The molecule has 2 aliphatic carbocycles. The number of ether oxygens (including phenoxy) is 1. The van der Waals surface area contributed by atoms with E-state index in [9.17, 15) is 0 Å². The second kappa shape index (κ2) is 11.1. The van der Waals surface area contributed by atoms with Crippen LogP contribution in [0.25, 0.3) is 0 Å². The first-order valence-electron chi connectivity index (χ1n) is 11.5. The van der Waals surface area contributed by atoms with Crippen molar-refractivity contribution >= 4 is 23.1 Å². The molecule has 0 aliphatic heterocycles. The fraction of sp³-hybridized carbons (Fsp3) is 0.720. The summed E-state index contributed by atoms with van der Waals surface area (Å²) in [6.45, 7) is 2.31. The van der Waals surface area contributed by atoms with Crippen LogP contribution in [0.2, 0.25) is 0 Å². The van der Waals surface area contributed by atoms with E-state index in [-0.39, 0.29) is 0 Å². The van der Waals surface area contributed by atoms with Crippen LogP contribution in [0.5, 0.6) is 5.75 Å². The van der Waals surface area contributed by atoms with Gasteiger partial charge in [0.1, 0.15) is 11.4 Å². The van der Waals surface area contributed by atoms with E-state index in [1.165, 1.54) is 82.6 Å². The highest BCUT2D eigenvalue weighted by Crippen LogP contribution is 2.45. The molecule has 1 aromatic rings. The Morgan fingerprint density at radius 2 is 1.68 bits per heavy atom. The minimum Gasteiger partial charge on any atom is -0.494 e. The monoisotopic (exact) mass is 399 g/mol. The van der Waals surface area contributed by atoms with Crippen LogP contribution >= 0.6 is 12.2 Å². The second-order valence-electron chi connectivity index (χ2n) is 9.02. The zero-order valence-corrected chi connectivity index (χ0v) is 18.6. The van der Waals surface area contributed by atoms with E-state index in [2.05, 4.69) is 29.2 Å². The summed E-state index contributed by atoms with van der Waals surface area (Å²) in [7, 11) is 1.71. The number of unbranched alkanes of at least 4 members (excludes halogenated alkanes) is 2. The summed E-state index contributed by atoms with van der Waals surface area (Å²) in [6.07, 6.45) is 17.1. The Labute approximate surface area is 177 Å². The van der Waals surface area contributed by atoms with Gasteiger partial charge in [-0.25, -0.2) is 0 Å². The number of methoxy groups -OCH3 is 1. The molecule has 0 heterocycles. The number of benzene rings is 1. The number of isothiocyanates is 1. The molecule has 0 bridgehead atoms. The van der Waals surface area contributed by atoms with Crippen molar-refractivity contribution in [3.05, 3.63) is 23.8 Å². The minimum absolute atomic E-state index is 0.668. The molecule has 0 saturated heterocycles. The highest BCUT2D eigenvalue weighted by Gasteiger charge is 2.31. The van der Waals surface area contributed by atoms with Crippen molar-refractivity contribution < 1.29 is 4.74 Å². The van der Waals surface area contributed by atoms with Crippen LogP contribution in [0.3, 0.4) is 0 Å². The zero-order chi connectivity index (χ0) is 19.8.